The van der Waals surface area contributed by atoms with Crippen molar-refractivity contribution in [2.75, 3.05) is 28.7 Å². The van der Waals surface area contributed by atoms with Gasteiger partial charge in [0.1, 0.15) is 12.1 Å². The molecule has 1 aromatic heterocycles. The van der Waals surface area contributed by atoms with Crippen molar-refractivity contribution in [1.82, 2.24) is 15.0 Å². The van der Waals surface area contributed by atoms with Crippen molar-refractivity contribution >= 4 is 29.2 Å². The van der Waals surface area contributed by atoms with Gasteiger partial charge in [-0.1, -0.05) is 12.1 Å². The zero-order valence-corrected chi connectivity index (χ0v) is 19.3. The van der Waals surface area contributed by atoms with E-state index in [1.165, 1.54) is 13.3 Å². The van der Waals surface area contributed by atoms with Gasteiger partial charge in [0.25, 0.3) is 0 Å². The Morgan fingerprint density at radius 2 is 1.94 bits per heavy atom. The van der Waals surface area contributed by atoms with Crippen LogP contribution in [0.2, 0.25) is 0 Å². The number of benzene rings is 2. The van der Waals surface area contributed by atoms with Gasteiger partial charge in [-0.05, 0) is 54.3 Å². The maximum atomic E-state index is 12.3. The van der Waals surface area contributed by atoms with Crippen molar-refractivity contribution in [1.29, 1.82) is 0 Å². The molecule has 1 aliphatic heterocycles. The van der Waals surface area contributed by atoms with Crippen molar-refractivity contribution in [3.05, 3.63) is 59.4 Å². The normalized spacial score (nSPS) is 13.2. The highest BCUT2D eigenvalue weighted by Gasteiger charge is 2.27. The molecule has 0 fully saturated rings. The highest BCUT2D eigenvalue weighted by molar-refractivity contribution is 5.90. The summed E-state index contributed by atoms with van der Waals surface area (Å²) in [7, 11) is 0. The molecular formula is C24H25F3N6O2. The number of nitrogens with one attached hydrogen (secondary N) is 2. The van der Waals surface area contributed by atoms with Crippen molar-refractivity contribution in [2.24, 2.45) is 0 Å². The van der Waals surface area contributed by atoms with Crippen LogP contribution in [0.15, 0.2) is 42.7 Å². The predicted octanol–water partition coefficient (Wildman–Crippen LogP) is 4.78. The van der Waals surface area contributed by atoms with Gasteiger partial charge in [-0.3, -0.25) is 4.79 Å². The molecule has 0 saturated heterocycles. The quantitative estimate of drug-likeness (QED) is 0.497. The number of amides is 1. The van der Waals surface area contributed by atoms with Crippen LogP contribution in [0, 0.1) is 6.92 Å². The molecule has 0 unspecified atom stereocenters. The summed E-state index contributed by atoms with van der Waals surface area (Å²) in [4.78, 5) is 26.5. The smallest absolute Gasteiger partial charge is 0.392 e. The molecule has 184 valence electrons. The van der Waals surface area contributed by atoms with E-state index in [1.54, 1.807) is 12.1 Å². The summed E-state index contributed by atoms with van der Waals surface area (Å²) in [6.07, 6.45) is -3.10. The summed E-state index contributed by atoms with van der Waals surface area (Å²) < 4.78 is 42.3. The van der Waals surface area contributed by atoms with Crippen molar-refractivity contribution in [2.45, 2.75) is 39.4 Å². The van der Waals surface area contributed by atoms with Gasteiger partial charge in [-0.25, -0.2) is 9.97 Å². The van der Waals surface area contributed by atoms with E-state index in [2.05, 4.69) is 25.6 Å². The van der Waals surface area contributed by atoms with E-state index < -0.39 is 19.2 Å². The van der Waals surface area contributed by atoms with Crippen LogP contribution in [-0.4, -0.2) is 40.2 Å². The van der Waals surface area contributed by atoms with E-state index >= 15 is 0 Å². The zero-order chi connectivity index (χ0) is 25.0. The molecule has 2 heterocycles. The SMILES string of the molecule is CC(=O)Nc1cccc(Nc2ncnc(N3CCc4cc(OCCC(F)(F)F)ccc4C3)n2)c1C. The number of carbonyl (C=O) groups excluding carboxylic acids is 1. The first-order chi connectivity index (χ1) is 16.7. The van der Waals surface area contributed by atoms with Gasteiger partial charge in [0.15, 0.2) is 0 Å². The van der Waals surface area contributed by atoms with Crippen molar-refractivity contribution < 1.29 is 22.7 Å². The number of ether oxygens (including phenoxy) is 1. The van der Waals surface area contributed by atoms with Gasteiger partial charge in [-0.2, -0.15) is 18.2 Å². The summed E-state index contributed by atoms with van der Waals surface area (Å²) in [6, 6.07) is 10.9. The molecule has 0 spiro atoms. The average Bonchev–Trinajstić information content (AvgIpc) is 2.80. The number of halogens is 3. The minimum Gasteiger partial charge on any atom is -0.493 e. The maximum absolute atomic E-state index is 12.3. The Bertz CT molecular complexity index is 1220. The zero-order valence-electron chi connectivity index (χ0n) is 19.3. The molecule has 2 aromatic carbocycles. The second kappa shape index (κ2) is 10.2. The lowest BCUT2D eigenvalue weighted by atomic mass is 10.00. The van der Waals surface area contributed by atoms with Crippen LogP contribution in [0.1, 0.15) is 30.0 Å². The number of hydrogen-bond acceptors (Lipinski definition) is 7. The molecule has 2 N–H and O–H groups in total. The minimum atomic E-state index is -4.24. The van der Waals surface area contributed by atoms with E-state index in [4.69, 9.17) is 4.74 Å². The lowest BCUT2D eigenvalue weighted by Crippen LogP contribution is -2.32. The third-order valence-electron chi connectivity index (χ3n) is 5.58. The highest BCUT2D eigenvalue weighted by atomic mass is 19.4. The number of alkyl halides is 3. The molecule has 11 heteroatoms. The van der Waals surface area contributed by atoms with Gasteiger partial charge in [0, 0.05) is 31.4 Å². The largest absolute Gasteiger partial charge is 0.493 e. The Morgan fingerprint density at radius 3 is 2.71 bits per heavy atom. The van der Waals surface area contributed by atoms with E-state index in [9.17, 15) is 18.0 Å². The second-order valence-electron chi connectivity index (χ2n) is 8.21. The molecule has 0 bridgehead atoms. The molecule has 8 nitrogen and oxygen atoms in total. The fraction of sp³-hybridized carbons (Fsp3) is 0.333. The summed E-state index contributed by atoms with van der Waals surface area (Å²) in [5.74, 6) is 1.16. The first-order valence-electron chi connectivity index (χ1n) is 11.1. The maximum Gasteiger partial charge on any atom is 0.392 e. The van der Waals surface area contributed by atoms with Gasteiger partial charge >= 0.3 is 6.18 Å². The van der Waals surface area contributed by atoms with Crippen LogP contribution in [0.4, 0.5) is 36.4 Å². The number of nitrogens with zero attached hydrogens (tertiary/aromatic N) is 4. The molecular weight excluding hydrogens is 461 g/mol. The van der Waals surface area contributed by atoms with Crippen LogP contribution in [-0.2, 0) is 17.8 Å². The summed E-state index contributed by atoms with van der Waals surface area (Å²) >= 11 is 0. The fourth-order valence-electron chi connectivity index (χ4n) is 3.79. The lowest BCUT2D eigenvalue weighted by Gasteiger charge is -2.29. The van der Waals surface area contributed by atoms with Gasteiger partial charge in [0.2, 0.25) is 17.8 Å². The third-order valence-corrected chi connectivity index (χ3v) is 5.58. The molecule has 0 saturated carbocycles. The second-order valence-corrected chi connectivity index (χ2v) is 8.21. The minimum absolute atomic E-state index is 0.155. The Hall–Kier alpha value is -3.89. The van der Waals surface area contributed by atoms with Crippen LogP contribution in [0.3, 0.4) is 0 Å². The molecule has 4 rings (SSSR count). The van der Waals surface area contributed by atoms with E-state index in [0.717, 1.165) is 22.4 Å². The average molecular weight is 486 g/mol. The van der Waals surface area contributed by atoms with Gasteiger partial charge < -0.3 is 20.3 Å². The number of fused-ring (bicyclic) bond motifs is 1. The lowest BCUT2D eigenvalue weighted by molar-refractivity contribution is -0.139. The fourth-order valence-corrected chi connectivity index (χ4v) is 3.79. The summed E-state index contributed by atoms with van der Waals surface area (Å²) in [5.41, 5.74) is 4.38. The van der Waals surface area contributed by atoms with Crippen LogP contribution >= 0.6 is 0 Å². The number of carbonyl (C=O) groups is 1. The molecule has 0 aliphatic carbocycles. The molecule has 0 radical (unpaired) electrons. The van der Waals surface area contributed by atoms with Gasteiger partial charge in [-0.15, -0.1) is 0 Å². The van der Waals surface area contributed by atoms with Gasteiger partial charge in [0.05, 0.1) is 13.0 Å². The Labute approximate surface area is 200 Å². The number of rotatable bonds is 7. The van der Waals surface area contributed by atoms with E-state index in [1.807, 2.05) is 36.1 Å². The molecule has 35 heavy (non-hydrogen) atoms. The third kappa shape index (κ3) is 6.37. The summed E-state index contributed by atoms with van der Waals surface area (Å²) in [5, 5.41) is 5.98. The van der Waals surface area contributed by atoms with E-state index in [0.29, 0.717) is 42.8 Å². The van der Waals surface area contributed by atoms with E-state index in [-0.39, 0.29) is 5.91 Å². The Kier molecular flexibility index (Phi) is 7.04. The van der Waals surface area contributed by atoms with Crippen LogP contribution < -0.4 is 20.3 Å². The molecule has 1 aliphatic rings. The van der Waals surface area contributed by atoms with Crippen LogP contribution in [0.5, 0.6) is 5.75 Å². The number of aromatic nitrogens is 3. The first kappa shape index (κ1) is 24.2. The standard InChI is InChI=1S/C24H25F3N6O2/c1-15-20(30-16(2)34)4-3-5-21(15)31-22-28-14-29-23(32-22)33-10-8-17-12-19(7-6-18(17)13-33)35-11-9-24(25,26)27/h3-7,12,14H,8-11,13H2,1-2H3,(H,30,34)(H,28,29,31,32). The molecule has 3 aromatic rings. The number of hydrogen-bond donors (Lipinski definition) is 2. The monoisotopic (exact) mass is 486 g/mol. The first-order valence-corrected chi connectivity index (χ1v) is 11.1. The number of anilines is 4. The van der Waals surface area contributed by atoms with Crippen molar-refractivity contribution in [3.8, 4) is 5.75 Å². The van der Waals surface area contributed by atoms with Crippen LogP contribution in [0.25, 0.3) is 0 Å². The molecule has 0 atom stereocenters. The molecule has 1 amide bonds. The predicted molar refractivity (Wildman–Crippen MR) is 126 cm³/mol. The highest BCUT2D eigenvalue weighted by Crippen LogP contribution is 2.28. The topological polar surface area (TPSA) is 92.3 Å². The Morgan fingerprint density at radius 1 is 1.14 bits per heavy atom. The summed E-state index contributed by atoms with van der Waals surface area (Å²) in [6.45, 7) is 4.13. The Balaban J connectivity index is 1.43. The van der Waals surface area contributed by atoms with Crippen molar-refractivity contribution in [3.63, 3.8) is 0 Å².